The number of para-hydroxylation sites is 3. The summed E-state index contributed by atoms with van der Waals surface area (Å²) < 4.78 is 4.85. The van der Waals surface area contributed by atoms with Gasteiger partial charge >= 0.3 is 0 Å². The van der Waals surface area contributed by atoms with Crippen molar-refractivity contribution in [2.75, 3.05) is 0 Å². The van der Waals surface area contributed by atoms with Gasteiger partial charge in [-0.05, 0) is 77.2 Å². The highest BCUT2D eigenvalue weighted by molar-refractivity contribution is 6.12. The van der Waals surface area contributed by atoms with Crippen LogP contribution in [-0.2, 0) is 0 Å². The summed E-state index contributed by atoms with van der Waals surface area (Å²) in [6.07, 6.45) is 8.98. The molecule has 0 radical (unpaired) electrons. The Bertz CT molecular complexity index is 3000. The number of hydrogen-bond acceptors (Lipinski definition) is 2. The molecule has 0 bridgehead atoms. The highest BCUT2D eigenvalue weighted by Crippen LogP contribution is 2.39. The van der Waals surface area contributed by atoms with Crippen LogP contribution in [0.5, 0.6) is 0 Å². The van der Waals surface area contributed by atoms with Crippen LogP contribution in [-0.4, -0.2) is 27.4 Å². The smallest absolute Gasteiger partial charge is 0.167 e. The maximum atomic E-state index is 6.55. The van der Waals surface area contributed by atoms with Crippen molar-refractivity contribution < 1.29 is 0 Å². The van der Waals surface area contributed by atoms with Gasteiger partial charge in [-0.3, -0.25) is 4.99 Å². The summed E-state index contributed by atoms with van der Waals surface area (Å²) in [6.45, 7) is 0. The molecule has 0 saturated heterocycles. The van der Waals surface area contributed by atoms with Crippen molar-refractivity contribution in [2.24, 2.45) is 15.7 Å². The third kappa shape index (κ3) is 6.00. The molecule has 2 N–H and O–H groups in total. The summed E-state index contributed by atoms with van der Waals surface area (Å²) >= 11 is 0. The Morgan fingerprint density at radius 3 is 1.84 bits per heavy atom. The van der Waals surface area contributed by atoms with Gasteiger partial charge < -0.3 is 14.9 Å². The molecular weight excluding hydrogens is 683 g/mol. The Labute approximate surface area is 325 Å². The minimum Gasteiger partial charge on any atom is -0.383 e. The van der Waals surface area contributed by atoms with Crippen LogP contribution in [0.25, 0.3) is 60.4 Å². The zero-order valence-electron chi connectivity index (χ0n) is 30.8. The fourth-order valence-electron chi connectivity index (χ4n) is 8.26. The van der Waals surface area contributed by atoms with Gasteiger partial charge in [-0.25, -0.2) is 4.99 Å². The van der Waals surface area contributed by atoms with Gasteiger partial charge in [0.15, 0.2) is 6.17 Å². The first-order valence-corrected chi connectivity index (χ1v) is 19.2. The molecule has 10 rings (SSSR count). The number of nitrogens with two attached hydrogens (primary N) is 1. The largest absolute Gasteiger partial charge is 0.383 e. The standard InChI is InChI=1S/C51H39N5/c52-50(36-16-6-2-7-17-36)54-51(53-34-35-14-4-1-5-15-35)37-24-28-41(29-25-37)56-47-23-13-11-21-43(47)45-33-39(27-31-49(45)56)38-26-30-48-44(32-38)42-20-10-12-22-46(42)55(48)40-18-8-3-9-19-40/h1-28,30-34,41,51H,29H2,(H2,52,54). The molecule has 0 aliphatic heterocycles. The normalized spacial score (nSPS) is 15.3. The van der Waals surface area contributed by atoms with Crippen LogP contribution < -0.4 is 5.73 Å². The van der Waals surface area contributed by atoms with Crippen molar-refractivity contribution in [1.82, 2.24) is 9.13 Å². The third-order valence-electron chi connectivity index (χ3n) is 11.0. The Balaban J connectivity index is 1.01. The van der Waals surface area contributed by atoms with E-state index in [-0.39, 0.29) is 6.04 Å². The Morgan fingerprint density at radius 1 is 0.589 bits per heavy atom. The summed E-state index contributed by atoms with van der Waals surface area (Å²) in [5.74, 6) is 0.469. The minimum atomic E-state index is -0.465. The molecule has 56 heavy (non-hydrogen) atoms. The Morgan fingerprint density at radius 2 is 1.14 bits per heavy atom. The van der Waals surface area contributed by atoms with Gasteiger partial charge in [0.25, 0.3) is 0 Å². The van der Waals surface area contributed by atoms with Crippen LogP contribution in [0.2, 0.25) is 0 Å². The molecule has 2 atom stereocenters. The molecule has 7 aromatic carbocycles. The van der Waals surface area contributed by atoms with Crippen LogP contribution in [0.1, 0.15) is 23.6 Å². The molecule has 5 heteroatoms. The van der Waals surface area contributed by atoms with E-state index in [0.717, 1.165) is 23.1 Å². The summed E-state index contributed by atoms with van der Waals surface area (Å²) in [7, 11) is 0. The number of allylic oxidation sites excluding steroid dienone is 2. The van der Waals surface area contributed by atoms with E-state index >= 15 is 0 Å². The Kier molecular flexibility index (Phi) is 8.45. The molecule has 2 unspecified atom stereocenters. The highest BCUT2D eigenvalue weighted by Gasteiger charge is 2.21. The van der Waals surface area contributed by atoms with E-state index in [4.69, 9.17) is 15.7 Å². The molecule has 0 spiro atoms. The summed E-state index contributed by atoms with van der Waals surface area (Å²) in [5.41, 5.74) is 17.9. The third-order valence-corrected chi connectivity index (χ3v) is 11.0. The van der Waals surface area contributed by atoms with Crippen LogP contribution in [0, 0.1) is 0 Å². The van der Waals surface area contributed by atoms with E-state index in [0.29, 0.717) is 5.84 Å². The van der Waals surface area contributed by atoms with Crippen molar-refractivity contribution >= 4 is 55.7 Å². The predicted molar refractivity (Wildman–Crippen MR) is 235 cm³/mol. The SMILES string of the molecule is NC(=NC(N=Cc1ccccc1)C1=CCC(n2c3ccccc3c3cc(-c4ccc5c(c4)c4ccccc4n5-c4ccccc4)ccc32)C=C1)c1ccccc1. The van der Waals surface area contributed by atoms with E-state index in [1.165, 1.54) is 60.4 Å². The van der Waals surface area contributed by atoms with Gasteiger partial charge in [0, 0.05) is 50.0 Å². The first-order valence-electron chi connectivity index (χ1n) is 19.2. The molecular formula is C51H39N5. The molecule has 1 aliphatic carbocycles. The van der Waals surface area contributed by atoms with E-state index in [1.807, 2.05) is 66.9 Å². The van der Waals surface area contributed by atoms with E-state index in [1.54, 1.807) is 0 Å². The number of aromatic nitrogens is 2. The van der Waals surface area contributed by atoms with Gasteiger partial charge in [-0.15, -0.1) is 0 Å². The number of nitrogens with zero attached hydrogens (tertiary/aromatic N) is 4. The van der Waals surface area contributed by atoms with Crippen molar-refractivity contribution in [3.63, 3.8) is 0 Å². The molecule has 268 valence electrons. The number of amidine groups is 1. The maximum absolute atomic E-state index is 6.55. The molecule has 2 heterocycles. The quantitative estimate of drug-likeness (QED) is 0.123. The summed E-state index contributed by atoms with van der Waals surface area (Å²) in [4.78, 5) is 9.87. The lowest BCUT2D eigenvalue weighted by Gasteiger charge is -2.22. The average molecular weight is 722 g/mol. The predicted octanol–water partition coefficient (Wildman–Crippen LogP) is 11.8. The average Bonchev–Trinajstić information content (AvgIpc) is 3.78. The topological polar surface area (TPSA) is 60.6 Å². The molecule has 9 aromatic rings. The van der Waals surface area contributed by atoms with Crippen LogP contribution in [0.4, 0.5) is 0 Å². The van der Waals surface area contributed by atoms with Crippen molar-refractivity contribution in [3.8, 4) is 16.8 Å². The molecule has 0 fully saturated rings. The monoisotopic (exact) mass is 721 g/mol. The number of rotatable bonds is 8. The van der Waals surface area contributed by atoms with E-state index in [2.05, 4.69) is 143 Å². The first kappa shape index (κ1) is 33.3. The van der Waals surface area contributed by atoms with Crippen LogP contribution >= 0.6 is 0 Å². The molecule has 2 aromatic heterocycles. The second-order valence-corrected chi connectivity index (χ2v) is 14.3. The summed E-state index contributed by atoms with van der Waals surface area (Å²) in [5, 5.41) is 5.00. The number of hydrogen-bond donors (Lipinski definition) is 1. The molecule has 0 saturated carbocycles. The van der Waals surface area contributed by atoms with Gasteiger partial charge in [0.05, 0.1) is 17.1 Å². The minimum absolute atomic E-state index is 0.127. The number of aliphatic imine (C=N–C) groups is 2. The second-order valence-electron chi connectivity index (χ2n) is 14.3. The van der Waals surface area contributed by atoms with E-state index in [9.17, 15) is 0 Å². The van der Waals surface area contributed by atoms with Gasteiger partial charge in [0.2, 0.25) is 0 Å². The van der Waals surface area contributed by atoms with Gasteiger partial charge in [-0.1, -0.05) is 146 Å². The molecule has 0 amide bonds. The number of fused-ring (bicyclic) bond motifs is 6. The number of benzene rings is 7. The second kappa shape index (κ2) is 14.2. The lowest BCUT2D eigenvalue weighted by atomic mass is 9.99. The molecule has 5 nitrogen and oxygen atoms in total. The zero-order valence-corrected chi connectivity index (χ0v) is 30.8. The van der Waals surface area contributed by atoms with Gasteiger partial charge in [-0.2, -0.15) is 0 Å². The van der Waals surface area contributed by atoms with Crippen LogP contribution in [0.3, 0.4) is 0 Å². The van der Waals surface area contributed by atoms with Gasteiger partial charge in [0.1, 0.15) is 5.84 Å². The van der Waals surface area contributed by atoms with E-state index < -0.39 is 6.17 Å². The van der Waals surface area contributed by atoms with Crippen molar-refractivity contribution in [2.45, 2.75) is 18.6 Å². The van der Waals surface area contributed by atoms with Crippen LogP contribution in [0.15, 0.2) is 210 Å². The van der Waals surface area contributed by atoms with Crippen molar-refractivity contribution in [1.29, 1.82) is 0 Å². The highest BCUT2D eigenvalue weighted by atomic mass is 15.0. The lowest BCUT2D eigenvalue weighted by molar-refractivity contribution is 0.637. The van der Waals surface area contributed by atoms with Crippen molar-refractivity contribution in [3.05, 3.63) is 211 Å². The fourth-order valence-corrected chi connectivity index (χ4v) is 8.26. The fraction of sp³-hybridized carbons (Fsp3) is 0.0588. The molecule has 1 aliphatic rings. The zero-order chi connectivity index (χ0) is 37.4. The lowest BCUT2D eigenvalue weighted by Crippen LogP contribution is -2.19. The summed E-state index contributed by atoms with van der Waals surface area (Å²) in [6, 6.07) is 62.1. The Hall–Kier alpha value is -7.24. The first-order chi connectivity index (χ1) is 27.7. The maximum Gasteiger partial charge on any atom is 0.167 e.